The molecule has 4 nitrogen and oxygen atoms in total. The number of methoxy groups -OCH3 is 1. The molecule has 3 rings (SSSR count). The number of para-hydroxylation sites is 3. The number of nitrogens with one attached hydrogen (secondary N) is 1. The number of anilines is 2. The van der Waals surface area contributed by atoms with Crippen LogP contribution < -0.4 is 15.0 Å². The minimum Gasteiger partial charge on any atom is -0.495 e. The quantitative estimate of drug-likeness (QED) is 0.932. The van der Waals surface area contributed by atoms with E-state index in [0.717, 1.165) is 29.1 Å². The van der Waals surface area contributed by atoms with Crippen molar-refractivity contribution in [2.45, 2.75) is 32.4 Å². The van der Waals surface area contributed by atoms with Crippen molar-refractivity contribution in [1.82, 2.24) is 0 Å². The summed E-state index contributed by atoms with van der Waals surface area (Å²) in [5.74, 6) is 0.910. The number of benzene rings is 2. The molecule has 0 aromatic heterocycles. The van der Waals surface area contributed by atoms with Gasteiger partial charge in [-0.05, 0) is 37.1 Å². The molecule has 0 bridgehead atoms. The minimum absolute atomic E-state index is 0.0840. The predicted molar refractivity (Wildman–Crippen MR) is 93.0 cm³/mol. The number of carbonyl (C=O) groups excluding carboxylic acids is 1. The van der Waals surface area contributed by atoms with Gasteiger partial charge < -0.3 is 15.0 Å². The summed E-state index contributed by atoms with van der Waals surface area (Å²) in [6.45, 7) is 3.72. The van der Waals surface area contributed by atoms with Crippen LogP contribution >= 0.6 is 0 Å². The summed E-state index contributed by atoms with van der Waals surface area (Å²) in [5.41, 5.74) is 3.11. The number of rotatable bonds is 3. The first-order valence-electron chi connectivity index (χ1n) is 7.90. The zero-order valence-electron chi connectivity index (χ0n) is 13.7. The molecule has 0 aliphatic carbocycles. The van der Waals surface area contributed by atoms with E-state index in [1.165, 1.54) is 0 Å². The van der Waals surface area contributed by atoms with Crippen LogP contribution in [0.1, 0.15) is 31.9 Å². The molecule has 2 aromatic rings. The summed E-state index contributed by atoms with van der Waals surface area (Å²) < 4.78 is 5.43. The van der Waals surface area contributed by atoms with Crippen molar-refractivity contribution in [3.8, 4) is 5.75 Å². The van der Waals surface area contributed by atoms with Crippen LogP contribution in [0.3, 0.4) is 0 Å². The van der Waals surface area contributed by atoms with Crippen molar-refractivity contribution in [2.24, 2.45) is 0 Å². The fourth-order valence-corrected chi connectivity index (χ4v) is 3.38. The highest BCUT2D eigenvalue weighted by atomic mass is 16.5. The second-order valence-electron chi connectivity index (χ2n) is 5.93. The van der Waals surface area contributed by atoms with Crippen LogP contribution in [0.4, 0.5) is 11.4 Å². The molecule has 23 heavy (non-hydrogen) atoms. The van der Waals surface area contributed by atoms with Crippen LogP contribution in [0.15, 0.2) is 48.5 Å². The molecule has 1 aliphatic rings. The number of ether oxygens (including phenoxy) is 1. The molecule has 0 saturated carbocycles. The molecule has 0 fully saturated rings. The van der Waals surface area contributed by atoms with Gasteiger partial charge in [-0.1, -0.05) is 30.3 Å². The molecule has 1 heterocycles. The minimum atomic E-state index is 0.0840. The molecule has 120 valence electrons. The van der Waals surface area contributed by atoms with Gasteiger partial charge in [0.15, 0.2) is 0 Å². The highest BCUT2D eigenvalue weighted by molar-refractivity contribution is 5.93. The average Bonchev–Trinajstić information content (AvgIpc) is 2.55. The van der Waals surface area contributed by atoms with E-state index in [1.54, 1.807) is 14.0 Å². The van der Waals surface area contributed by atoms with Gasteiger partial charge in [0.05, 0.1) is 18.8 Å². The van der Waals surface area contributed by atoms with E-state index in [9.17, 15) is 4.79 Å². The Kier molecular flexibility index (Phi) is 4.24. The maximum Gasteiger partial charge on any atom is 0.224 e. The number of carbonyl (C=O) groups is 1. The summed E-state index contributed by atoms with van der Waals surface area (Å²) >= 11 is 0. The normalized spacial score (nSPS) is 19.9. The second kappa shape index (κ2) is 6.32. The molecule has 1 amide bonds. The van der Waals surface area contributed by atoms with Gasteiger partial charge in [0.1, 0.15) is 5.75 Å². The van der Waals surface area contributed by atoms with Crippen molar-refractivity contribution < 1.29 is 9.53 Å². The highest BCUT2D eigenvalue weighted by Crippen LogP contribution is 2.40. The zero-order valence-corrected chi connectivity index (χ0v) is 13.7. The molecule has 0 radical (unpaired) electrons. The Labute approximate surface area is 137 Å². The molecule has 0 unspecified atom stereocenters. The van der Waals surface area contributed by atoms with Gasteiger partial charge in [-0.25, -0.2) is 0 Å². The third-order valence-corrected chi connectivity index (χ3v) is 4.37. The number of hydrogen-bond donors (Lipinski definition) is 1. The lowest BCUT2D eigenvalue weighted by molar-refractivity contribution is -0.117. The topological polar surface area (TPSA) is 41.6 Å². The van der Waals surface area contributed by atoms with Crippen molar-refractivity contribution in [3.05, 3.63) is 54.1 Å². The van der Waals surface area contributed by atoms with Crippen molar-refractivity contribution >= 4 is 17.3 Å². The Bertz CT molecular complexity index is 714. The van der Waals surface area contributed by atoms with E-state index in [-0.39, 0.29) is 18.0 Å². The standard InChI is InChI=1S/C19H22N2O2/c1-13-12-17(20-16-9-5-7-11-19(16)23-3)15-8-4-6-10-18(15)21(13)14(2)22/h4-11,13,17,20H,12H2,1-3H3/t13-,17+/m0/s1. The first-order valence-corrected chi connectivity index (χ1v) is 7.90. The molecule has 1 aliphatic heterocycles. The Morgan fingerprint density at radius 1 is 1.17 bits per heavy atom. The Hall–Kier alpha value is -2.49. The monoisotopic (exact) mass is 310 g/mol. The second-order valence-corrected chi connectivity index (χ2v) is 5.93. The maximum absolute atomic E-state index is 12.0. The van der Waals surface area contributed by atoms with Crippen LogP contribution in [0, 0.1) is 0 Å². The lowest BCUT2D eigenvalue weighted by atomic mass is 9.91. The number of hydrogen-bond acceptors (Lipinski definition) is 3. The summed E-state index contributed by atoms with van der Waals surface area (Å²) in [4.78, 5) is 13.9. The van der Waals surface area contributed by atoms with E-state index in [0.29, 0.717) is 0 Å². The summed E-state index contributed by atoms with van der Waals surface area (Å²) in [6.07, 6.45) is 0.856. The van der Waals surface area contributed by atoms with Gasteiger partial charge in [-0.2, -0.15) is 0 Å². The van der Waals surface area contributed by atoms with E-state index in [2.05, 4.69) is 18.3 Å². The molecule has 0 spiro atoms. The summed E-state index contributed by atoms with van der Waals surface area (Å²) in [7, 11) is 1.68. The lowest BCUT2D eigenvalue weighted by Crippen LogP contribution is -2.43. The van der Waals surface area contributed by atoms with E-state index in [4.69, 9.17) is 4.74 Å². The van der Waals surface area contributed by atoms with E-state index >= 15 is 0 Å². The maximum atomic E-state index is 12.0. The third kappa shape index (κ3) is 2.89. The number of amides is 1. The number of nitrogens with zero attached hydrogens (tertiary/aromatic N) is 1. The van der Waals surface area contributed by atoms with Gasteiger partial charge in [0, 0.05) is 18.7 Å². The highest BCUT2D eigenvalue weighted by Gasteiger charge is 2.32. The van der Waals surface area contributed by atoms with Gasteiger partial charge in [0.25, 0.3) is 0 Å². The molecule has 0 saturated heterocycles. The Morgan fingerprint density at radius 2 is 1.87 bits per heavy atom. The van der Waals surface area contributed by atoms with Crippen LogP contribution in [-0.4, -0.2) is 19.1 Å². The van der Waals surface area contributed by atoms with Gasteiger partial charge in [-0.15, -0.1) is 0 Å². The SMILES string of the molecule is COc1ccccc1N[C@@H]1C[C@H](C)N(C(C)=O)c2ccccc21. The van der Waals surface area contributed by atoms with E-state index in [1.807, 2.05) is 47.4 Å². The summed E-state index contributed by atoms with van der Waals surface area (Å²) in [6, 6.07) is 16.3. The molecule has 1 N–H and O–H groups in total. The third-order valence-electron chi connectivity index (χ3n) is 4.37. The first kappa shape index (κ1) is 15.4. The Balaban J connectivity index is 1.97. The molecule has 2 atom stereocenters. The fourth-order valence-electron chi connectivity index (χ4n) is 3.38. The molecule has 4 heteroatoms. The van der Waals surface area contributed by atoms with Gasteiger partial charge in [0.2, 0.25) is 5.91 Å². The van der Waals surface area contributed by atoms with Crippen molar-refractivity contribution in [3.63, 3.8) is 0 Å². The van der Waals surface area contributed by atoms with Crippen molar-refractivity contribution in [1.29, 1.82) is 0 Å². The Morgan fingerprint density at radius 3 is 2.61 bits per heavy atom. The summed E-state index contributed by atoms with van der Waals surface area (Å²) in [5, 5.41) is 3.58. The van der Waals surface area contributed by atoms with Crippen molar-refractivity contribution in [2.75, 3.05) is 17.3 Å². The predicted octanol–water partition coefficient (Wildman–Crippen LogP) is 3.99. The lowest BCUT2D eigenvalue weighted by Gasteiger charge is -2.39. The zero-order chi connectivity index (χ0) is 16.4. The van der Waals surface area contributed by atoms with Crippen LogP contribution in [-0.2, 0) is 4.79 Å². The molecular weight excluding hydrogens is 288 g/mol. The van der Waals surface area contributed by atoms with Crippen LogP contribution in [0.2, 0.25) is 0 Å². The largest absolute Gasteiger partial charge is 0.495 e. The molecular formula is C19H22N2O2. The first-order chi connectivity index (χ1) is 11.1. The smallest absolute Gasteiger partial charge is 0.224 e. The van der Waals surface area contributed by atoms with Gasteiger partial charge >= 0.3 is 0 Å². The van der Waals surface area contributed by atoms with Gasteiger partial charge in [-0.3, -0.25) is 4.79 Å². The average molecular weight is 310 g/mol. The van der Waals surface area contributed by atoms with E-state index < -0.39 is 0 Å². The fraction of sp³-hybridized carbons (Fsp3) is 0.316. The van der Waals surface area contributed by atoms with Crippen LogP contribution in [0.5, 0.6) is 5.75 Å². The van der Waals surface area contributed by atoms with Crippen LogP contribution in [0.25, 0.3) is 0 Å². The number of fused-ring (bicyclic) bond motifs is 1. The molecule has 2 aromatic carbocycles.